The molecule has 0 atom stereocenters. The Balaban J connectivity index is 0. The number of benzene rings is 1. The van der Waals surface area contributed by atoms with Crippen LogP contribution in [0.25, 0.3) is 0 Å². The summed E-state index contributed by atoms with van der Waals surface area (Å²) in [4.78, 5) is 0. The summed E-state index contributed by atoms with van der Waals surface area (Å²) in [5, 5.41) is 0. The molecule has 0 saturated carbocycles. The smallest absolute Gasteiger partial charge is 1.00 e. The van der Waals surface area contributed by atoms with Crippen molar-refractivity contribution in [2.24, 2.45) is 0 Å². The van der Waals surface area contributed by atoms with Crippen molar-refractivity contribution in [1.82, 2.24) is 0 Å². The number of ether oxygens (including phenoxy) is 1. The minimum absolute atomic E-state index is 0. The van der Waals surface area contributed by atoms with Gasteiger partial charge in [-0.25, -0.2) is 0 Å². The van der Waals surface area contributed by atoms with E-state index in [1.165, 1.54) is 5.56 Å². The molecule has 0 saturated heterocycles. The molecule has 0 spiro atoms. The van der Waals surface area contributed by atoms with Gasteiger partial charge in [-0.15, -0.1) is 12.1 Å². The first-order chi connectivity index (χ1) is 5.33. The predicted octanol–water partition coefficient (Wildman–Crippen LogP) is -1.02. The Morgan fingerprint density at radius 3 is 2.69 bits per heavy atom. The van der Waals surface area contributed by atoms with E-state index >= 15 is 0 Å². The van der Waals surface area contributed by atoms with E-state index < -0.39 is 0 Å². The SMILES string of the molecule is C=CCOc1[c-]cc(C)cc1.[Br-].[Mg+2]. The second-order valence-electron chi connectivity index (χ2n) is 2.33. The van der Waals surface area contributed by atoms with Gasteiger partial charge < -0.3 is 21.7 Å². The summed E-state index contributed by atoms with van der Waals surface area (Å²) in [7, 11) is 0. The number of hydrogen-bond donors (Lipinski definition) is 0. The Bertz CT molecular complexity index is 233. The first-order valence-electron chi connectivity index (χ1n) is 3.55. The molecule has 0 aromatic heterocycles. The summed E-state index contributed by atoms with van der Waals surface area (Å²) in [5.41, 5.74) is 1.19. The van der Waals surface area contributed by atoms with Crippen LogP contribution >= 0.6 is 0 Å². The molecule has 0 heterocycles. The van der Waals surface area contributed by atoms with Gasteiger partial charge in [-0.2, -0.15) is 17.7 Å². The van der Waals surface area contributed by atoms with Gasteiger partial charge in [0.25, 0.3) is 0 Å². The van der Waals surface area contributed by atoms with Crippen LogP contribution in [0.15, 0.2) is 30.9 Å². The van der Waals surface area contributed by atoms with Crippen molar-refractivity contribution in [3.63, 3.8) is 0 Å². The topological polar surface area (TPSA) is 9.23 Å². The van der Waals surface area contributed by atoms with Crippen LogP contribution < -0.4 is 21.7 Å². The fourth-order valence-corrected chi connectivity index (χ4v) is 0.727. The van der Waals surface area contributed by atoms with E-state index in [4.69, 9.17) is 4.74 Å². The molecule has 0 N–H and O–H groups in total. The van der Waals surface area contributed by atoms with Crippen LogP contribution in [0.3, 0.4) is 0 Å². The quantitative estimate of drug-likeness (QED) is 0.380. The van der Waals surface area contributed by atoms with Crippen molar-refractivity contribution >= 4 is 23.1 Å². The number of aryl methyl sites for hydroxylation is 1. The van der Waals surface area contributed by atoms with Crippen molar-refractivity contribution < 1.29 is 21.7 Å². The van der Waals surface area contributed by atoms with Crippen molar-refractivity contribution in [2.45, 2.75) is 6.92 Å². The van der Waals surface area contributed by atoms with E-state index in [1.54, 1.807) is 6.08 Å². The minimum atomic E-state index is 0. The van der Waals surface area contributed by atoms with Gasteiger partial charge in [-0.05, 0) is 0 Å². The van der Waals surface area contributed by atoms with E-state index in [2.05, 4.69) is 12.6 Å². The third-order valence-electron chi connectivity index (χ3n) is 1.30. The molecule has 0 radical (unpaired) electrons. The van der Waals surface area contributed by atoms with Gasteiger partial charge in [0.05, 0.1) is 0 Å². The standard InChI is InChI=1S/C10H11O.BrH.Mg/c1-3-8-11-10-6-4-9(2)5-7-10;;/h3-6H,1,8H2,2H3;1H;/q-1;;+2/p-1. The van der Waals surface area contributed by atoms with Gasteiger partial charge >= 0.3 is 23.1 Å². The van der Waals surface area contributed by atoms with Gasteiger partial charge in [-0.3, -0.25) is 0 Å². The Hall–Kier alpha value is 0.00623. The van der Waals surface area contributed by atoms with Crippen LogP contribution in [0.2, 0.25) is 0 Å². The number of hydrogen-bond acceptors (Lipinski definition) is 1. The first-order valence-corrected chi connectivity index (χ1v) is 3.55. The Morgan fingerprint density at radius 2 is 2.23 bits per heavy atom. The monoisotopic (exact) mass is 250 g/mol. The van der Waals surface area contributed by atoms with Crippen LogP contribution in [0.5, 0.6) is 5.75 Å². The summed E-state index contributed by atoms with van der Waals surface area (Å²) in [6.07, 6.45) is 1.72. The third-order valence-corrected chi connectivity index (χ3v) is 1.30. The van der Waals surface area contributed by atoms with E-state index in [-0.39, 0.29) is 40.0 Å². The molecular weight excluding hydrogens is 240 g/mol. The van der Waals surface area contributed by atoms with Gasteiger partial charge in [0.15, 0.2) is 0 Å². The van der Waals surface area contributed by atoms with Crippen LogP contribution in [-0.4, -0.2) is 29.7 Å². The van der Waals surface area contributed by atoms with E-state index in [0.29, 0.717) is 6.61 Å². The Morgan fingerprint density at radius 1 is 1.54 bits per heavy atom. The molecule has 0 fully saturated rings. The Kier molecular flexibility index (Phi) is 10.2. The van der Waals surface area contributed by atoms with Crippen LogP contribution in [0, 0.1) is 13.0 Å². The van der Waals surface area contributed by atoms with E-state index in [9.17, 15) is 0 Å². The van der Waals surface area contributed by atoms with E-state index in [0.717, 1.165) is 5.75 Å². The van der Waals surface area contributed by atoms with Crippen LogP contribution in [0.1, 0.15) is 5.56 Å². The molecule has 1 aromatic carbocycles. The molecule has 0 aliphatic rings. The zero-order valence-corrected chi connectivity index (χ0v) is 10.7. The molecule has 3 heteroatoms. The fourth-order valence-electron chi connectivity index (χ4n) is 0.727. The minimum Gasteiger partial charge on any atom is -1.00 e. The molecule has 0 aliphatic carbocycles. The van der Waals surface area contributed by atoms with Gasteiger partial charge in [-0.1, -0.05) is 19.6 Å². The second kappa shape index (κ2) is 8.60. The zero-order chi connectivity index (χ0) is 8.10. The van der Waals surface area contributed by atoms with Crippen molar-refractivity contribution in [3.05, 3.63) is 42.5 Å². The normalized spacial score (nSPS) is 7.77. The molecule has 0 amide bonds. The molecule has 0 unspecified atom stereocenters. The predicted molar refractivity (Wildman–Crippen MR) is 51.5 cm³/mol. The molecule has 1 nitrogen and oxygen atoms in total. The zero-order valence-electron chi connectivity index (χ0n) is 7.72. The summed E-state index contributed by atoms with van der Waals surface area (Å²) < 4.78 is 5.24. The summed E-state index contributed by atoms with van der Waals surface area (Å²) in [5.74, 6) is 0.774. The summed E-state index contributed by atoms with van der Waals surface area (Å²) >= 11 is 0. The van der Waals surface area contributed by atoms with Gasteiger partial charge in [0, 0.05) is 5.75 Å². The molecule has 66 valence electrons. The first kappa shape index (κ1) is 15.5. The average molecular weight is 251 g/mol. The van der Waals surface area contributed by atoms with Crippen LogP contribution in [-0.2, 0) is 0 Å². The van der Waals surface area contributed by atoms with Crippen molar-refractivity contribution in [3.8, 4) is 5.75 Å². The molecular formula is C10H11BrMgO. The largest absolute Gasteiger partial charge is 2.00 e. The van der Waals surface area contributed by atoms with Gasteiger partial charge in [0.2, 0.25) is 0 Å². The Labute approximate surface area is 106 Å². The maximum Gasteiger partial charge on any atom is 2.00 e. The maximum absolute atomic E-state index is 5.24. The fraction of sp³-hybridized carbons (Fsp3) is 0.200. The number of halogens is 1. The molecule has 1 rings (SSSR count). The summed E-state index contributed by atoms with van der Waals surface area (Å²) in [6.45, 7) is 6.12. The maximum atomic E-state index is 5.24. The third kappa shape index (κ3) is 6.13. The molecule has 1 aromatic rings. The van der Waals surface area contributed by atoms with Crippen molar-refractivity contribution in [2.75, 3.05) is 6.61 Å². The van der Waals surface area contributed by atoms with E-state index in [1.807, 2.05) is 25.1 Å². The summed E-state index contributed by atoms with van der Waals surface area (Å²) in [6, 6.07) is 8.80. The molecule has 0 bridgehead atoms. The molecule has 13 heavy (non-hydrogen) atoms. The second-order valence-corrected chi connectivity index (χ2v) is 2.33. The average Bonchev–Trinajstić information content (AvgIpc) is 2.04. The van der Waals surface area contributed by atoms with Crippen molar-refractivity contribution in [1.29, 1.82) is 0 Å². The van der Waals surface area contributed by atoms with Gasteiger partial charge in [0.1, 0.15) is 6.61 Å². The van der Waals surface area contributed by atoms with Crippen LogP contribution in [0.4, 0.5) is 0 Å². The number of rotatable bonds is 3. The molecule has 0 aliphatic heterocycles.